The molecule has 3 heteroatoms. The van der Waals surface area contributed by atoms with Crippen molar-refractivity contribution in [3.05, 3.63) is 151 Å². The molecule has 3 heterocycles. The lowest BCUT2D eigenvalue weighted by atomic mass is 9.86. The molecule has 1 aliphatic rings. The lowest BCUT2D eigenvalue weighted by molar-refractivity contribution is 0.595. The molecule has 0 aliphatic heterocycles. The maximum atomic E-state index is 6.71. The number of hydrogen-bond acceptors (Lipinski definition) is 2. The van der Waals surface area contributed by atoms with Crippen LogP contribution < -0.4 is 0 Å². The van der Waals surface area contributed by atoms with Crippen LogP contribution in [0.4, 0.5) is 0 Å². The highest BCUT2D eigenvalue weighted by molar-refractivity contribution is 6.21. The number of nitrogens with zero attached hydrogens (tertiary/aromatic N) is 2. The molecule has 3 nitrogen and oxygen atoms in total. The predicted molar refractivity (Wildman–Crippen MR) is 192 cm³/mol. The van der Waals surface area contributed by atoms with Crippen LogP contribution in [0.3, 0.4) is 0 Å². The van der Waals surface area contributed by atoms with Crippen LogP contribution in [0.15, 0.2) is 144 Å². The monoisotopic (exact) mass is 588 g/mol. The number of para-hydroxylation sites is 1. The van der Waals surface area contributed by atoms with Crippen molar-refractivity contribution in [1.29, 1.82) is 0 Å². The molecule has 0 spiro atoms. The van der Waals surface area contributed by atoms with Crippen LogP contribution in [0, 0.1) is 0 Å². The fourth-order valence-electron chi connectivity index (χ4n) is 7.79. The molecule has 0 fully saturated rings. The van der Waals surface area contributed by atoms with Gasteiger partial charge in [0.2, 0.25) is 0 Å². The number of benzene rings is 6. The number of pyridine rings is 1. The summed E-state index contributed by atoms with van der Waals surface area (Å²) in [6.07, 6.45) is 5.96. The number of hydrogen-bond donors (Lipinski definition) is 0. The van der Waals surface area contributed by atoms with E-state index in [1.165, 1.54) is 76.7 Å². The van der Waals surface area contributed by atoms with Crippen LogP contribution in [-0.4, -0.2) is 9.55 Å². The summed E-state index contributed by atoms with van der Waals surface area (Å²) in [4.78, 5) is 4.80. The third kappa shape index (κ3) is 3.63. The molecule has 0 radical (unpaired) electrons. The second-order valence-corrected chi connectivity index (χ2v) is 12.2. The topological polar surface area (TPSA) is 31.0 Å². The quantitative estimate of drug-likeness (QED) is 0.192. The summed E-state index contributed by atoms with van der Waals surface area (Å²) in [6.45, 7) is 0. The Morgan fingerprint density at radius 1 is 0.522 bits per heavy atom. The van der Waals surface area contributed by atoms with Crippen molar-refractivity contribution < 1.29 is 4.42 Å². The van der Waals surface area contributed by atoms with E-state index in [9.17, 15) is 0 Å². The van der Waals surface area contributed by atoms with Gasteiger partial charge in [-0.1, -0.05) is 109 Å². The minimum atomic E-state index is 0.921. The van der Waals surface area contributed by atoms with Crippen LogP contribution in [0.25, 0.3) is 88.5 Å². The van der Waals surface area contributed by atoms with Crippen molar-refractivity contribution in [1.82, 2.24) is 9.55 Å². The first kappa shape index (κ1) is 25.4. The van der Waals surface area contributed by atoms with Crippen LogP contribution in [0.2, 0.25) is 0 Å². The maximum absolute atomic E-state index is 6.71. The fourth-order valence-corrected chi connectivity index (χ4v) is 7.79. The summed E-state index contributed by atoms with van der Waals surface area (Å²) < 4.78 is 9.03. The van der Waals surface area contributed by atoms with E-state index in [0.29, 0.717) is 0 Å². The van der Waals surface area contributed by atoms with Gasteiger partial charge in [-0.3, -0.25) is 4.57 Å². The highest BCUT2D eigenvalue weighted by Crippen LogP contribution is 2.45. The molecule has 6 aromatic carbocycles. The second-order valence-electron chi connectivity index (χ2n) is 12.2. The Bertz CT molecular complexity index is 2580. The third-order valence-electron chi connectivity index (χ3n) is 9.76. The SMILES string of the molecule is C1=C(n2c3ccccc3c3cccnc32)CCc2c1oc1cc(-c3c4ccccc4c(-c4ccccc4)c4ccccc34)ccc21. The molecule has 1 aliphatic carbocycles. The average Bonchev–Trinajstić information content (AvgIpc) is 3.65. The number of allylic oxidation sites excluding steroid dienone is 1. The first-order valence-electron chi connectivity index (χ1n) is 15.9. The lowest BCUT2D eigenvalue weighted by Gasteiger charge is -2.17. The number of aryl methyl sites for hydroxylation is 1. The Balaban J connectivity index is 1.17. The molecule has 0 bridgehead atoms. The summed E-state index contributed by atoms with van der Waals surface area (Å²) in [6, 6.07) is 47.9. The fraction of sp³-hybridized carbons (Fsp3) is 0.0465. The zero-order valence-electron chi connectivity index (χ0n) is 25.1. The highest BCUT2D eigenvalue weighted by atomic mass is 16.3. The van der Waals surface area contributed by atoms with Crippen molar-refractivity contribution >= 4 is 66.2 Å². The van der Waals surface area contributed by atoms with E-state index in [1.807, 2.05) is 12.3 Å². The van der Waals surface area contributed by atoms with Gasteiger partial charge >= 0.3 is 0 Å². The molecule has 0 N–H and O–H groups in total. The Morgan fingerprint density at radius 2 is 1.15 bits per heavy atom. The third-order valence-corrected chi connectivity index (χ3v) is 9.76. The van der Waals surface area contributed by atoms with Gasteiger partial charge in [0, 0.05) is 39.7 Å². The Labute approximate surface area is 265 Å². The number of rotatable bonds is 3. The minimum Gasteiger partial charge on any atom is -0.456 e. The zero-order valence-corrected chi connectivity index (χ0v) is 25.1. The smallest absolute Gasteiger partial charge is 0.145 e. The lowest BCUT2D eigenvalue weighted by Crippen LogP contribution is -2.04. The van der Waals surface area contributed by atoms with Crippen LogP contribution in [0.5, 0.6) is 0 Å². The summed E-state index contributed by atoms with van der Waals surface area (Å²) >= 11 is 0. The summed E-state index contributed by atoms with van der Waals surface area (Å²) in [7, 11) is 0. The Morgan fingerprint density at radius 3 is 1.89 bits per heavy atom. The molecule has 0 unspecified atom stereocenters. The predicted octanol–water partition coefficient (Wildman–Crippen LogP) is 11.5. The van der Waals surface area contributed by atoms with Gasteiger partial charge in [-0.25, -0.2) is 4.98 Å². The molecular weight excluding hydrogens is 560 g/mol. The van der Waals surface area contributed by atoms with E-state index in [4.69, 9.17) is 9.40 Å². The van der Waals surface area contributed by atoms with Crippen LogP contribution >= 0.6 is 0 Å². The van der Waals surface area contributed by atoms with Crippen LogP contribution in [0.1, 0.15) is 17.7 Å². The van der Waals surface area contributed by atoms with Gasteiger partial charge in [-0.05, 0) is 80.9 Å². The molecule has 9 aromatic rings. The van der Waals surface area contributed by atoms with E-state index >= 15 is 0 Å². The minimum absolute atomic E-state index is 0.921. The van der Waals surface area contributed by atoms with Crippen molar-refractivity contribution in [2.45, 2.75) is 12.8 Å². The summed E-state index contributed by atoms with van der Waals surface area (Å²) in [5.74, 6) is 0.949. The van der Waals surface area contributed by atoms with Crippen molar-refractivity contribution in [3.63, 3.8) is 0 Å². The molecular formula is C43H28N2O. The molecule has 0 saturated heterocycles. The highest BCUT2D eigenvalue weighted by Gasteiger charge is 2.23. The number of fused-ring (bicyclic) bond motifs is 8. The van der Waals surface area contributed by atoms with Gasteiger partial charge in [-0.2, -0.15) is 0 Å². The molecule has 216 valence electrons. The van der Waals surface area contributed by atoms with Gasteiger partial charge in [0.1, 0.15) is 17.0 Å². The zero-order chi connectivity index (χ0) is 30.2. The molecule has 3 aromatic heterocycles. The summed E-state index contributed by atoms with van der Waals surface area (Å²) in [5.41, 5.74) is 10.5. The van der Waals surface area contributed by atoms with Gasteiger partial charge in [0.25, 0.3) is 0 Å². The molecule has 46 heavy (non-hydrogen) atoms. The van der Waals surface area contributed by atoms with Gasteiger partial charge in [0.05, 0.1) is 5.52 Å². The standard InChI is InChI=1S/C43H28N2O/c1-2-11-27(12-3-1)41-33-14-4-6-16-35(33)42(36-17-7-5-15-34(36)41)28-20-22-31-32-23-21-29(26-40(32)46-39(31)25-28)45-38-19-9-8-13-30(38)37-18-10-24-44-43(37)45/h1-20,22,24-26H,21,23H2. The van der Waals surface area contributed by atoms with E-state index in [0.717, 1.165) is 29.8 Å². The van der Waals surface area contributed by atoms with E-state index in [1.54, 1.807) is 0 Å². The normalized spacial score (nSPS) is 13.2. The molecule has 0 saturated carbocycles. The molecule has 10 rings (SSSR count). The van der Waals surface area contributed by atoms with Gasteiger partial charge in [0.15, 0.2) is 0 Å². The maximum Gasteiger partial charge on any atom is 0.145 e. The van der Waals surface area contributed by atoms with Crippen molar-refractivity contribution in [2.24, 2.45) is 0 Å². The van der Waals surface area contributed by atoms with Gasteiger partial charge < -0.3 is 4.42 Å². The van der Waals surface area contributed by atoms with E-state index in [2.05, 4.69) is 138 Å². The second kappa shape index (κ2) is 9.79. The van der Waals surface area contributed by atoms with Crippen molar-refractivity contribution in [3.8, 4) is 22.3 Å². The van der Waals surface area contributed by atoms with E-state index < -0.39 is 0 Å². The van der Waals surface area contributed by atoms with Gasteiger partial charge in [-0.15, -0.1) is 0 Å². The number of aromatic nitrogens is 2. The largest absolute Gasteiger partial charge is 0.456 e. The first-order chi connectivity index (χ1) is 22.8. The van der Waals surface area contributed by atoms with E-state index in [-0.39, 0.29) is 0 Å². The number of furan rings is 1. The Kier molecular flexibility index (Phi) is 5.40. The molecule has 0 amide bonds. The first-order valence-corrected chi connectivity index (χ1v) is 15.9. The average molecular weight is 589 g/mol. The van der Waals surface area contributed by atoms with Crippen molar-refractivity contribution in [2.75, 3.05) is 0 Å². The Hall–Kier alpha value is -5.93. The van der Waals surface area contributed by atoms with Crippen LogP contribution in [-0.2, 0) is 6.42 Å². The molecule has 0 atom stereocenters. The summed E-state index contributed by atoms with van der Waals surface area (Å²) in [5, 5.41) is 8.61.